The van der Waals surface area contributed by atoms with Gasteiger partial charge in [-0.3, -0.25) is 5.32 Å². The second-order valence-corrected chi connectivity index (χ2v) is 8.70. The Hall–Kier alpha value is -2.82. The van der Waals surface area contributed by atoms with Crippen LogP contribution >= 0.6 is 11.3 Å². The largest absolute Gasteiger partial charge is 0.390 e. The van der Waals surface area contributed by atoms with Crippen molar-refractivity contribution < 1.29 is 19.4 Å². The predicted octanol–water partition coefficient (Wildman–Crippen LogP) is 2.99. The van der Waals surface area contributed by atoms with Gasteiger partial charge >= 0.3 is 6.03 Å². The molecule has 3 aromatic rings. The van der Waals surface area contributed by atoms with E-state index in [0.717, 1.165) is 10.2 Å². The fourth-order valence-electron chi connectivity index (χ4n) is 3.65. The first-order valence-electron chi connectivity index (χ1n) is 10.0. The van der Waals surface area contributed by atoms with Crippen LogP contribution in [0.25, 0.3) is 10.2 Å². The number of hydrogen-bond acceptors (Lipinski definition) is 7. The molecule has 3 heterocycles. The van der Waals surface area contributed by atoms with Gasteiger partial charge in [0.2, 0.25) is 0 Å². The Balaban J connectivity index is 1.41. The Labute approximate surface area is 183 Å². The number of halogens is 1. The Morgan fingerprint density at radius 2 is 2.10 bits per heavy atom. The maximum Gasteiger partial charge on any atom is 0.323 e. The molecule has 1 saturated heterocycles. The molecule has 31 heavy (non-hydrogen) atoms. The van der Waals surface area contributed by atoms with Gasteiger partial charge in [-0.05, 0) is 32.0 Å². The molecule has 0 bridgehead atoms. The minimum atomic E-state index is -1.20. The van der Waals surface area contributed by atoms with E-state index < -0.39 is 18.0 Å². The molecule has 1 aliphatic rings. The molecule has 4 rings (SSSR count). The predicted molar refractivity (Wildman–Crippen MR) is 118 cm³/mol. The standard InChI is InChI=1S/C21H24FN5O3S/c1-12-11-26(21(30)25-20-24-16-5-3-4-6-17(16)31-20)7-8-27(12)19-15(22)9-14(10-23-19)18(29)13(2)28/h3-6,9-10,12-13,18,28-29H,7-8,11H2,1-2H3,(H,24,25,30)/t12-,13-,18+/m0/s1. The minimum absolute atomic E-state index is 0.163. The number of rotatable bonds is 4. The van der Waals surface area contributed by atoms with Crippen LogP contribution in [0.1, 0.15) is 25.5 Å². The molecule has 0 unspecified atom stereocenters. The van der Waals surface area contributed by atoms with E-state index in [0.29, 0.717) is 24.8 Å². The molecule has 1 aliphatic heterocycles. The van der Waals surface area contributed by atoms with E-state index >= 15 is 0 Å². The van der Waals surface area contributed by atoms with Crippen molar-refractivity contribution in [3.05, 3.63) is 47.9 Å². The van der Waals surface area contributed by atoms with Crippen molar-refractivity contribution in [1.29, 1.82) is 0 Å². The van der Waals surface area contributed by atoms with Gasteiger partial charge in [0.1, 0.15) is 6.10 Å². The first kappa shape index (κ1) is 21.4. The zero-order valence-corrected chi connectivity index (χ0v) is 18.0. The van der Waals surface area contributed by atoms with Crippen LogP contribution in [0, 0.1) is 5.82 Å². The third-order valence-electron chi connectivity index (χ3n) is 5.34. The highest BCUT2D eigenvalue weighted by atomic mass is 32.1. The van der Waals surface area contributed by atoms with Crippen LogP contribution in [-0.4, -0.2) is 62.9 Å². The molecule has 3 atom stereocenters. The summed E-state index contributed by atoms with van der Waals surface area (Å²) in [4.78, 5) is 24.8. The lowest BCUT2D eigenvalue weighted by molar-refractivity contribution is 0.0301. The number of benzene rings is 1. The first-order valence-corrected chi connectivity index (χ1v) is 10.8. The lowest BCUT2D eigenvalue weighted by Crippen LogP contribution is -2.55. The zero-order chi connectivity index (χ0) is 22.1. The third kappa shape index (κ3) is 4.46. The number of thiazole rings is 1. The number of aliphatic hydroxyl groups excluding tert-OH is 2. The van der Waals surface area contributed by atoms with Crippen molar-refractivity contribution in [3.8, 4) is 0 Å². The summed E-state index contributed by atoms with van der Waals surface area (Å²) in [5.41, 5.74) is 1.06. The highest BCUT2D eigenvalue weighted by Gasteiger charge is 2.30. The second-order valence-electron chi connectivity index (χ2n) is 7.66. The van der Waals surface area contributed by atoms with E-state index in [1.54, 1.807) is 9.80 Å². The van der Waals surface area contributed by atoms with E-state index in [1.165, 1.54) is 30.5 Å². The van der Waals surface area contributed by atoms with Gasteiger partial charge in [0.15, 0.2) is 16.8 Å². The van der Waals surface area contributed by atoms with Gasteiger partial charge in [0.25, 0.3) is 0 Å². The fourth-order valence-corrected chi connectivity index (χ4v) is 4.51. The maximum absolute atomic E-state index is 14.7. The van der Waals surface area contributed by atoms with Crippen LogP contribution in [-0.2, 0) is 0 Å². The molecule has 8 nitrogen and oxygen atoms in total. The van der Waals surface area contributed by atoms with Crippen LogP contribution in [0.2, 0.25) is 0 Å². The Kier molecular flexibility index (Phi) is 6.03. The average Bonchev–Trinajstić information content (AvgIpc) is 3.15. The van der Waals surface area contributed by atoms with Gasteiger partial charge in [-0.15, -0.1) is 0 Å². The number of hydrogen-bond donors (Lipinski definition) is 3. The number of anilines is 2. The van der Waals surface area contributed by atoms with Crippen molar-refractivity contribution in [2.45, 2.75) is 32.1 Å². The molecule has 0 spiro atoms. The molecule has 0 saturated carbocycles. The average molecular weight is 446 g/mol. The molecule has 2 aromatic heterocycles. The molecular formula is C21H24FN5O3S. The zero-order valence-electron chi connectivity index (χ0n) is 17.2. The third-order valence-corrected chi connectivity index (χ3v) is 6.29. The minimum Gasteiger partial charge on any atom is -0.390 e. The van der Waals surface area contributed by atoms with Gasteiger partial charge < -0.3 is 20.0 Å². The molecule has 1 fully saturated rings. The highest BCUT2D eigenvalue weighted by Crippen LogP contribution is 2.27. The SMILES string of the molecule is C[C@H](O)[C@@H](O)c1cnc(N2CCN(C(=O)Nc3nc4ccccc4s3)C[C@@H]2C)c(F)c1. The molecule has 3 N–H and O–H groups in total. The molecule has 10 heteroatoms. The number of pyridine rings is 1. The number of carbonyl (C=O) groups excluding carboxylic acids is 1. The number of piperazine rings is 1. The van der Waals surface area contributed by atoms with Crippen molar-refractivity contribution >= 4 is 38.5 Å². The summed E-state index contributed by atoms with van der Waals surface area (Å²) in [7, 11) is 0. The summed E-state index contributed by atoms with van der Waals surface area (Å²) in [5.74, 6) is -0.406. The van der Waals surface area contributed by atoms with Crippen LogP contribution in [0.3, 0.4) is 0 Å². The number of para-hydroxylation sites is 1. The number of nitrogens with zero attached hydrogens (tertiary/aromatic N) is 4. The molecular weight excluding hydrogens is 421 g/mol. The van der Waals surface area contributed by atoms with Gasteiger partial charge in [0.05, 0.1) is 16.3 Å². The highest BCUT2D eigenvalue weighted by molar-refractivity contribution is 7.22. The van der Waals surface area contributed by atoms with E-state index in [-0.39, 0.29) is 23.5 Å². The summed E-state index contributed by atoms with van der Waals surface area (Å²) in [6.45, 7) is 4.54. The molecule has 0 aliphatic carbocycles. The van der Waals surface area contributed by atoms with Gasteiger partial charge in [-0.2, -0.15) is 0 Å². The number of aromatic nitrogens is 2. The number of nitrogens with one attached hydrogen (secondary N) is 1. The monoisotopic (exact) mass is 445 g/mol. The van der Waals surface area contributed by atoms with Crippen molar-refractivity contribution in [1.82, 2.24) is 14.9 Å². The topological polar surface area (TPSA) is 102 Å². The molecule has 2 amide bonds. The second kappa shape index (κ2) is 8.74. The Bertz CT molecular complexity index is 1060. The Morgan fingerprint density at radius 3 is 2.77 bits per heavy atom. The van der Waals surface area contributed by atoms with E-state index in [1.807, 2.05) is 31.2 Å². The number of amides is 2. The van der Waals surface area contributed by atoms with Crippen LogP contribution in [0.5, 0.6) is 0 Å². The van der Waals surface area contributed by atoms with Gasteiger partial charge in [0, 0.05) is 37.4 Å². The normalized spacial score (nSPS) is 18.8. The van der Waals surface area contributed by atoms with E-state index in [9.17, 15) is 19.4 Å². The van der Waals surface area contributed by atoms with Crippen LogP contribution in [0.4, 0.5) is 20.1 Å². The van der Waals surface area contributed by atoms with E-state index in [4.69, 9.17) is 0 Å². The number of aliphatic hydroxyl groups is 2. The summed E-state index contributed by atoms with van der Waals surface area (Å²) in [5, 5.41) is 22.8. The van der Waals surface area contributed by atoms with Gasteiger partial charge in [-0.25, -0.2) is 19.2 Å². The fraction of sp³-hybridized carbons (Fsp3) is 0.381. The first-order chi connectivity index (χ1) is 14.8. The number of urea groups is 1. The van der Waals surface area contributed by atoms with Crippen molar-refractivity contribution in [2.24, 2.45) is 0 Å². The molecule has 1 aromatic carbocycles. The summed E-state index contributed by atoms with van der Waals surface area (Å²) in [6.07, 6.45) is -0.852. The summed E-state index contributed by atoms with van der Waals surface area (Å²) in [6, 6.07) is 8.47. The molecule has 164 valence electrons. The molecule has 0 radical (unpaired) electrons. The lowest BCUT2D eigenvalue weighted by atomic mass is 10.1. The quantitative estimate of drug-likeness (QED) is 0.571. The summed E-state index contributed by atoms with van der Waals surface area (Å²) < 4.78 is 15.7. The Morgan fingerprint density at radius 1 is 1.32 bits per heavy atom. The number of carbonyl (C=O) groups is 1. The lowest BCUT2D eigenvalue weighted by Gasteiger charge is -2.40. The van der Waals surface area contributed by atoms with Crippen LogP contribution in [0.15, 0.2) is 36.5 Å². The van der Waals surface area contributed by atoms with Gasteiger partial charge in [-0.1, -0.05) is 23.5 Å². The maximum atomic E-state index is 14.7. The summed E-state index contributed by atoms with van der Waals surface area (Å²) >= 11 is 1.42. The van der Waals surface area contributed by atoms with Crippen LogP contribution < -0.4 is 10.2 Å². The van der Waals surface area contributed by atoms with E-state index in [2.05, 4.69) is 15.3 Å². The van der Waals surface area contributed by atoms with Crippen molar-refractivity contribution in [3.63, 3.8) is 0 Å². The number of fused-ring (bicyclic) bond motifs is 1. The smallest absolute Gasteiger partial charge is 0.323 e. The van der Waals surface area contributed by atoms with Crippen molar-refractivity contribution in [2.75, 3.05) is 29.9 Å².